The van der Waals surface area contributed by atoms with Gasteiger partial charge < -0.3 is 10.6 Å². The molecule has 8 heteroatoms. The number of benzene rings is 1. The van der Waals surface area contributed by atoms with Crippen molar-refractivity contribution in [3.63, 3.8) is 0 Å². The van der Waals surface area contributed by atoms with Crippen molar-refractivity contribution in [1.82, 2.24) is 25.2 Å². The summed E-state index contributed by atoms with van der Waals surface area (Å²) in [5, 5.41) is 7.38. The van der Waals surface area contributed by atoms with E-state index in [1.165, 1.54) is 0 Å². The Morgan fingerprint density at radius 2 is 2.04 bits per heavy atom. The zero-order valence-electron chi connectivity index (χ0n) is 15.0. The minimum atomic E-state index is 0. The fourth-order valence-corrected chi connectivity index (χ4v) is 2.72. The molecule has 0 aliphatic carbocycles. The Labute approximate surface area is 181 Å². The highest BCUT2D eigenvalue weighted by Crippen LogP contribution is 2.14. The predicted molar refractivity (Wildman–Crippen MR) is 120 cm³/mol. The van der Waals surface area contributed by atoms with Crippen LogP contribution < -0.4 is 10.6 Å². The highest BCUT2D eigenvalue weighted by atomic mass is 127. The Hall–Kier alpha value is -2.13. The number of aromatic nitrogens is 3. The van der Waals surface area contributed by atoms with Crippen LogP contribution in [0.25, 0.3) is 5.82 Å². The first-order valence-corrected chi connectivity index (χ1v) is 8.75. The van der Waals surface area contributed by atoms with Crippen molar-refractivity contribution >= 4 is 41.5 Å². The lowest BCUT2D eigenvalue weighted by molar-refractivity contribution is 0.792. The van der Waals surface area contributed by atoms with Crippen LogP contribution in [-0.4, -0.2) is 34.1 Å². The molecule has 2 N–H and O–H groups in total. The first kappa shape index (κ1) is 21.2. The molecule has 0 aliphatic rings. The monoisotopic (exact) mass is 496 g/mol. The largest absolute Gasteiger partial charge is 0.356 e. The topological polar surface area (TPSA) is 67.1 Å². The van der Waals surface area contributed by atoms with Crippen LogP contribution in [0.5, 0.6) is 0 Å². The molecule has 0 unspecified atom stereocenters. The van der Waals surface area contributed by atoms with Crippen LogP contribution in [0, 0.1) is 0 Å². The minimum absolute atomic E-state index is 0. The fourth-order valence-electron chi connectivity index (χ4n) is 2.49. The third-order valence-electron chi connectivity index (χ3n) is 3.91. The smallest absolute Gasteiger partial charge is 0.191 e. The van der Waals surface area contributed by atoms with Gasteiger partial charge in [0.2, 0.25) is 0 Å². The fraction of sp³-hybridized carbons (Fsp3) is 0.211. The van der Waals surface area contributed by atoms with E-state index in [0.29, 0.717) is 6.54 Å². The van der Waals surface area contributed by atoms with Crippen molar-refractivity contribution in [3.05, 3.63) is 77.5 Å². The van der Waals surface area contributed by atoms with Crippen molar-refractivity contribution in [3.8, 4) is 5.82 Å². The van der Waals surface area contributed by atoms with Gasteiger partial charge in [-0.25, -0.2) is 9.97 Å². The van der Waals surface area contributed by atoms with Crippen LogP contribution in [0.15, 0.2) is 66.3 Å². The quantitative estimate of drug-likeness (QED) is 0.312. The standard InChI is InChI=1S/C19H21ClN6.HI/c1-21-19(23-9-8-16-4-2-3-5-17(16)20)25-13-15-6-7-18(24-12-15)26-11-10-22-14-26;/h2-7,10-12,14H,8-9,13H2,1H3,(H2,21,23,25);1H. The Morgan fingerprint density at radius 3 is 2.70 bits per heavy atom. The number of aliphatic imine (C=N–C) groups is 1. The SMILES string of the molecule is CN=C(NCCc1ccccc1Cl)NCc1ccc(-n2ccnc2)nc1.I. The summed E-state index contributed by atoms with van der Waals surface area (Å²) >= 11 is 6.18. The molecule has 0 atom stereocenters. The Morgan fingerprint density at radius 1 is 1.19 bits per heavy atom. The second-order valence-electron chi connectivity index (χ2n) is 5.69. The van der Waals surface area contributed by atoms with E-state index in [2.05, 4.69) is 25.6 Å². The van der Waals surface area contributed by atoms with E-state index in [0.717, 1.165) is 40.9 Å². The molecule has 0 spiro atoms. The molecule has 0 amide bonds. The van der Waals surface area contributed by atoms with Crippen molar-refractivity contribution in [2.45, 2.75) is 13.0 Å². The average molecular weight is 497 g/mol. The number of nitrogens with one attached hydrogen (secondary N) is 2. The van der Waals surface area contributed by atoms with Crippen LogP contribution in [0.1, 0.15) is 11.1 Å². The second-order valence-corrected chi connectivity index (χ2v) is 6.10. The maximum atomic E-state index is 6.18. The summed E-state index contributed by atoms with van der Waals surface area (Å²) in [4.78, 5) is 12.7. The van der Waals surface area contributed by atoms with Crippen LogP contribution in [0.3, 0.4) is 0 Å². The molecule has 0 saturated carbocycles. The number of hydrogen-bond acceptors (Lipinski definition) is 3. The summed E-state index contributed by atoms with van der Waals surface area (Å²) in [5.41, 5.74) is 2.19. The molecule has 0 radical (unpaired) electrons. The van der Waals surface area contributed by atoms with Gasteiger partial charge in [0, 0.05) is 43.8 Å². The van der Waals surface area contributed by atoms with Crippen molar-refractivity contribution < 1.29 is 0 Å². The molecule has 0 bridgehead atoms. The lowest BCUT2D eigenvalue weighted by atomic mass is 10.1. The molecule has 142 valence electrons. The van der Waals surface area contributed by atoms with Crippen molar-refractivity contribution in [1.29, 1.82) is 0 Å². The number of halogens is 2. The van der Waals surface area contributed by atoms with E-state index in [9.17, 15) is 0 Å². The van der Waals surface area contributed by atoms with Gasteiger partial charge in [0.15, 0.2) is 5.96 Å². The van der Waals surface area contributed by atoms with E-state index >= 15 is 0 Å². The highest BCUT2D eigenvalue weighted by molar-refractivity contribution is 14.0. The lowest BCUT2D eigenvalue weighted by Gasteiger charge is -2.12. The van der Waals surface area contributed by atoms with Gasteiger partial charge in [0.1, 0.15) is 12.1 Å². The highest BCUT2D eigenvalue weighted by Gasteiger charge is 2.02. The Kier molecular flexibility index (Phi) is 8.53. The van der Waals surface area contributed by atoms with Gasteiger partial charge in [0.05, 0.1) is 0 Å². The van der Waals surface area contributed by atoms with Gasteiger partial charge in [-0.2, -0.15) is 0 Å². The maximum absolute atomic E-state index is 6.18. The lowest BCUT2D eigenvalue weighted by Crippen LogP contribution is -2.37. The number of hydrogen-bond donors (Lipinski definition) is 2. The molecule has 3 rings (SSSR count). The molecule has 1 aromatic carbocycles. The maximum Gasteiger partial charge on any atom is 0.191 e. The number of rotatable bonds is 6. The normalized spacial score (nSPS) is 11.0. The second kappa shape index (κ2) is 10.9. The van der Waals surface area contributed by atoms with Gasteiger partial charge in [-0.3, -0.25) is 9.56 Å². The van der Waals surface area contributed by atoms with Crippen molar-refractivity contribution in [2.75, 3.05) is 13.6 Å². The molecule has 0 fully saturated rings. The molecule has 2 heterocycles. The summed E-state index contributed by atoms with van der Waals surface area (Å²) in [7, 11) is 1.76. The Balaban J connectivity index is 0.00000261. The molecule has 2 aromatic heterocycles. The van der Waals surface area contributed by atoms with Crippen LogP contribution in [-0.2, 0) is 13.0 Å². The van der Waals surface area contributed by atoms with E-state index in [-0.39, 0.29) is 24.0 Å². The number of pyridine rings is 1. The van der Waals surface area contributed by atoms with E-state index in [1.54, 1.807) is 19.6 Å². The third kappa shape index (κ3) is 6.21. The summed E-state index contributed by atoms with van der Waals surface area (Å²) in [6.45, 7) is 1.39. The van der Waals surface area contributed by atoms with Crippen molar-refractivity contribution in [2.24, 2.45) is 4.99 Å². The first-order chi connectivity index (χ1) is 12.8. The molecule has 3 aromatic rings. The van der Waals surface area contributed by atoms with E-state index in [1.807, 2.05) is 53.4 Å². The van der Waals surface area contributed by atoms with Crippen LogP contribution >= 0.6 is 35.6 Å². The van der Waals surface area contributed by atoms with Gasteiger partial charge in [-0.15, -0.1) is 24.0 Å². The number of guanidine groups is 1. The molecule has 6 nitrogen and oxygen atoms in total. The number of imidazole rings is 1. The minimum Gasteiger partial charge on any atom is -0.356 e. The summed E-state index contributed by atoms with van der Waals surface area (Å²) < 4.78 is 1.87. The third-order valence-corrected chi connectivity index (χ3v) is 4.27. The van der Waals surface area contributed by atoms with Gasteiger partial charge >= 0.3 is 0 Å². The van der Waals surface area contributed by atoms with Gasteiger partial charge in [-0.05, 0) is 29.7 Å². The van der Waals surface area contributed by atoms with Crippen LogP contribution in [0.2, 0.25) is 5.02 Å². The molecule has 27 heavy (non-hydrogen) atoms. The van der Waals surface area contributed by atoms with Crippen LogP contribution in [0.4, 0.5) is 0 Å². The molecule has 0 aliphatic heterocycles. The molecular weight excluding hydrogens is 475 g/mol. The zero-order valence-corrected chi connectivity index (χ0v) is 18.1. The molecule has 0 saturated heterocycles. The van der Waals surface area contributed by atoms with E-state index in [4.69, 9.17) is 11.6 Å². The van der Waals surface area contributed by atoms with E-state index < -0.39 is 0 Å². The summed E-state index contributed by atoms with van der Waals surface area (Å²) in [5.74, 6) is 1.59. The van der Waals surface area contributed by atoms with Gasteiger partial charge in [0.25, 0.3) is 0 Å². The average Bonchev–Trinajstić information content (AvgIpc) is 3.21. The number of nitrogens with zero attached hydrogens (tertiary/aromatic N) is 4. The van der Waals surface area contributed by atoms with Gasteiger partial charge in [-0.1, -0.05) is 35.9 Å². The molecular formula is C19H22ClIN6. The summed E-state index contributed by atoms with van der Waals surface area (Å²) in [6, 6.07) is 11.9. The Bertz CT molecular complexity index is 849. The predicted octanol–water partition coefficient (Wildman–Crippen LogP) is 3.45. The summed E-state index contributed by atoms with van der Waals surface area (Å²) in [6.07, 6.45) is 8.01. The zero-order chi connectivity index (χ0) is 18.2. The first-order valence-electron chi connectivity index (χ1n) is 8.37.